The van der Waals surface area contributed by atoms with Crippen molar-refractivity contribution < 1.29 is 13.9 Å². The van der Waals surface area contributed by atoms with Crippen LogP contribution < -0.4 is 15.2 Å². The lowest BCUT2D eigenvalue weighted by Crippen LogP contribution is -2.10. The summed E-state index contributed by atoms with van der Waals surface area (Å²) in [6.07, 6.45) is 3.22. The third-order valence-electron chi connectivity index (χ3n) is 5.07. The van der Waals surface area contributed by atoms with E-state index in [0.29, 0.717) is 46.1 Å². The first-order chi connectivity index (χ1) is 16.1. The summed E-state index contributed by atoms with van der Waals surface area (Å²) in [4.78, 5) is 9.76. The van der Waals surface area contributed by atoms with Gasteiger partial charge in [0.1, 0.15) is 35.3 Å². The number of H-pyrrole nitrogens is 1. The maximum absolute atomic E-state index is 15.0. The molecule has 4 heterocycles. The number of methoxy groups -OCH3 is 1. The average molecular weight is 466 g/mol. The predicted molar refractivity (Wildman–Crippen MR) is 123 cm³/mol. The number of aromatic nitrogens is 6. The molecule has 0 spiro atoms. The number of aromatic amines is 1. The Morgan fingerprint density at radius 1 is 1.24 bits per heavy atom. The number of halogens is 1. The minimum Gasteiger partial charge on any atom is -0.496 e. The number of aryl methyl sites for hydroxylation is 1. The fourth-order valence-corrected chi connectivity index (χ4v) is 4.78. The number of benzene rings is 1. The van der Waals surface area contributed by atoms with Crippen LogP contribution in [0.15, 0.2) is 42.9 Å². The molecule has 0 radical (unpaired) electrons. The summed E-state index contributed by atoms with van der Waals surface area (Å²) >= 11 is 1.37. The van der Waals surface area contributed by atoms with Crippen molar-refractivity contribution in [1.82, 2.24) is 29.8 Å². The molecule has 0 fully saturated rings. The molecule has 11 heteroatoms. The van der Waals surface area contributed by atoms with E-state index >= 15 is 0 Å². The number of nitrogens with two attached hydrogens (primary N) is 1. The second kappa shape index (κ2) is 8.60. The van der Waals surface area contributed by atoms with Gasteiger partial charge < -0.3 is 15.2 Å². The number of hydrogen-bond donors (Lipinski definition) is 2. The first-order valence-corrected chi connectivity index (χ1v) is 10.9. The van der Waals surface area contributed by atoms with E-state index in [2.05, 4.69) is 20.3 Å². The maximum atomic E-state index is 15.0. The zero-order chi connectivity index (χ0) is 22.9. The van der Waals surface area contributed by atoms with Crippen molar-refractivity contribution in [2.45, 2.75) is 6.92 Å². The molecule has 0 bridgehead atoms. The molecule has 0 unspecified atom stereocenters. The summed E-state index contributed by atoms with van der Waals surface area (Å²) in [5, 5.41) is 12.1. The molecule has 3 N–H and O–H groups in total. The number of fused-ring (bicyclic) bond motifs is 1. The first kappa shape index (κ1) is 21.0. The number of thiazole rings is 1. The fraction of sp³-hybridized carbons (Fsp3) is 0.182. The van der Waals surface area contributed by atoms with Gasteiger partial charge in [-0.05, 0) is 25.1 Å². The molecule has 0 aliphatic rings. The molecule has 0 saturated heterocycles. The van der Waals surface area contributed by atoms with Crippen molar-refractivity contribution in [3.63, 3.8) is 0 Å². The van der Waals surface area contributed by atoms with Crippen molar-refractivity contribution in [1.29, 1.82) is 0 Å². The number of rotatable bonds is 7. The van der Waals surface area contributed by atoms with Gasteiger partial charge in [-0.1, -0.05) is 6.07 Å². The van der Waals surface area contributed by atoms with Gasteiger partial charge >= 0.3 is 0 Å². The monoisotopic (exact) mass is 465 g/mol. The van der Waals surface area contributed by atoms with Crippen LogP contribution >= 0.6 is 11.3 Å². The van der Waals surface area contributed by atoms with Gasteiger partial charge in [-0.3, -0.25) is 5.10 Å². The predicted octanol–water partition coefficient (Wildman–Crippen LogP) is 3.70. The van der Waals surface area contributed by atoms with Crippen LogP contribution in [0.5, 0.6) is 11.5 Å². The van der Waals surface area contributed by atoms with E-state index in [9.17, 15) is 4.39 Å². The quantitative estimate of drug-likeness (QED) is 0.376. The van der Waals surface area contributed by atoms with Gasteiger partial charge in [0, 0.05) is 18.8 Å². The van der Waals surface area contributed by atoms with Crippen LogP contribution in [0.2, 0.25) is 0 Å². The molecule has 33 heavy (non-hydrogen) atoms. The summed E-state index contributed by atoms with van der Waals surface area (Å²) < 4.78 is 27.9. The molecule has 5 aromatic rings. The van der Waals surface area contributed by atoms with E-state index < -0.39 is 5.82 Å². The number of ether oxygens (including phenoxy) is 2. The van der Waals surface area contributed by atoms with Crippen LogP contribution in [0.25, 0.3) is 38.0 Å². The molecule has 5 rings (SSSR count). The zero-order valence-corrected chi connectivity index (χ0v) is 18.7. The summed E-state index contributed by atoms with van der Waals surface area (Å²) in [5.41, 5.74) is 8.64. The van der Waals surface area contributed by atoms with Gasteiger partial charge in [0.05, 0.1) is 40.0 Å². The SMILES string of the molecule is COc1cccc(F)c1-c1nc(-c2c(C)nn3ccc(OCCN)cc23)sc1-c1ncn[nH]1. The third kappa shape index (κ3) is 3.70. The molecule has 1 aromatic carbocycles. The second-order valence-electron chi connectivity index (χ2n) is 7.14. The van der Waals surface area contributed by atoms with Gasteiger partial charge in [0.25, 0.3) is 0 Å². The van der Waals surface area contributed by atoms with Crippen LogP contribution in [0.4, 0.5) is 4.39 Å². The van der Waals surface area contributed by atoms with E-state index in [0.717, 1.165) is 16.8 Å². The standard InChI is InChI=1S/C22H20FN7O2S/c1-12-17(15-10-13(32-9-7-24)6-8-30(15)29-12)22-27-19(20(33-22)21-25-11-26-28-21)18-14(23)4-3-5-16(18)31-2/h3-6,8,10-11H,7,9,24H2,1-2H3,(H,25,26,28). The largest absolute Gasteiger partial charge is 0.496 e. The minimum absolute atomic E-state index is 0.259. The molecule has 0 aliphatic heterocycles. The lowest BCUT2D eigenvalue weighted by atomic mass is 10.1. The topological polar surface area (TPSA) is 116 Å². The number of pyridine rings is 1. The Labute approximate surface area is 192 Å². The number of nitrogens with one attached hydrogen (secondary N) is 1. The molecule has 4 aromatic heterocycles. The number of hydrogen-bond acceptors (Lipinski definition) is 8. The molecular formula is C22H20FN7O2S. The van der Waals surface area contributed by atoms with Gasteiger partial charge in [-0.2, -0.15) is 10.2 Å². The highest BCUT2D eigenvalue weighted by molar-refractivity contribution is 7.19. The van der Waals surface area contributed by atoms with Crippen LogP contribution in [-0.4, -0.2) is 50.0 Å². The van der Waals surface area contributed by atoms with E-state index in [-0.39, 0.29) is 5.56 Å². The molecule has 168 valence electrons. The molecule has 0 atom stereocenters. The van der Waals surface area contributed by atoms with E-state index in [1.165, 1.54) is 30.8 Å². The highest BCUT2D eigenvalue weighted by Gasteiger charge is 2.25. The van der Waals surface area contributed by atoms with Crippen LogP contribution in [0.3, 0.4) is 0 Å². The van der Waals surface area contributed by atoms with Gasteiger partial charge in [0.2, 0.25) is 0 Å². The normalized spacial score (nSPS) is 11.3. The Bertz CT molecular complexity index is 1430. The first-order valence-electron chi connectivity index (χ1n) is 10.1. The summed E-state index contributed by atoms with van der Waals surface area (Å²) in [6, 6.07) is 8.39. The average Bonchev–Trinajstić information content (AvgIpc) is 3.55. The molecule has 0 aliphatic carbocycles. The summed E-state index contributed by atoms with van der Waals surface area (Å²) in [5.74, 6) is 1.10. The van der Waals surface area contributed by atoms with E-state index in [4.69, 9.17) is 20.2 Å². The smallest absolute Gasteiger partial charge is 0.167 e. The number of nitrogens with zero attached hydrogens (tertiary/aromatic N) is 5. The Hall–Kier alpha value is -3.83. The lowest BCUT2D eigenvalue weighted by molar-refractivity contribution is 0.328. The van der Waals surface area contributed by atoms with Crippen molar-refractivity contribution in [2.24, 2.45) is 5.73 Å². The Morgan fingerprint density at radius 3 is 2.88 bits per heavy atom. The van der Waals surface area contributed by atoms with Gasteiger partial charge in [-0.25, -0.2) is 18.9 Å². The van der Waals surface area contributed by atoms with Crippen LogP contribution in [0, 0.1) is 12.7 Å². The molecule has 0 amide bonds. The summed E-state index contributed by atoms with van der Waals surface area (Å²) in [7, 11) is 1.50. The van der Waals surface area contributed by atoms with Crippen molar-refractivity contribution >= 4 is 16.9 Å². The second-order valence-corrected chi connectivity index (χ2v) is 8.14. The van der Waals surface area contributed by atoms with E-state index in [1.807, 2.05) is 25.3 Å². The zero-order valence-electron chi connectivity index (χ0n) is 17.9. The van der Waals surface area contributed by atoms with Crippen LogP contribution in [0.1, 0.15) is 5.69 Å². The summed E-state index contributed by atoms with van der Waals surface area (Å²) in [6.45, 7) is 2.72. The van der Waals surface area contributed by atoms with Gasteiger partial charge in [-0.15, -0.1) is 11.3 Å². The highest BCUT2D eigenvalue weighted by Crippen LogP contribution is 2.44. The maximum Gasteiger partial charge on any atom is 0.167 e. The third-order valence-corrected chi connectivity index (χ3v) is 6.15. The van der Waals surface area contributed by atoms with Crippen molar-refractivity contribution in [2.75, 3.05) is 20.3 Å². The fourth-order valence-electron chi connectivity index (χ4n) is 3.65. The Kier molecular flexibility index (Phi) is 5.48. The van der Waals surface area contributed by atoms with Crippen molar-refractivity contribution in [3.8, 4) is 44.0 Å². The molecule has 0 saturated carbocycles. The minimum atomic E-state index is -0.443. The molecular weight excluding hydrogens is 445 g/mol. The Morgan fingerprint density at radius 2 is 2.12 bits per heavy atom. The Balaban J connectivity index is 1.74. The van der Waals surface area contributed by atoms with Crippen LogP contribution in [-0.2, 0) is 0 Å². The van der Waals surface area contributed by atoms with E-state index in [1.54, 1.807) is 16.6 Å². The highest BCUT2D eigenvalue weighted by atomic mass is 32.1. The van der Waals surface area contributed by atoms with Gasteiger partial charge in [0.15, 0.2) is 5.82 Å². The van der Waals surface area contributed by atoms with Crippen molar-refractivity contribution in [3.05, 3.63) is 54.4 Å². The molecule has 9 nitrogen and oxygen atoms in total. The lowest BCUT2D eigenvalue weighted by Gasteiger charge is -2.08.